The summed E-state index contributed by atoms with van der Waals surface area (Å²) in [4.78, 5) is 22.9. The molecule has 0 aromatic carbocycles. The number of pyridine rings is 1. The van der Waals surface area contributed by atoms with Gasteiger partial charge in [-0.1, -0.05) is 11.3 Å². The lowest BCUT2D eigenvalue weighted by molar-refractivity contribution is 0.0756. The van der Waals surface area contributed by atoms with Crippen LogP contribution in [-0.4, -0.2) is 27.3 Å². The van der Waals surface area contributed by atoms with E-state index in [9.17, 15) is 4.79 Å². The van der Waals surface area contributed by atoms with Gasteiger partial charge in [-0.05, 0) is 31.5 Å². The third-order valence-electron chi connectivity index (χ3n) is 2.80. The molecule has 19 heavy (non-hydrogen) atoms. The summed E-state index contributed by atoms with van der Waals surface area (Å²) in [6.07, 6.45) is 3.45. The van der Waals surface area contributed by atoms with E-state index in [1.54, 1.807) is 24.2 Å². The molecule has 2 rings (SSSR count). The number of hydrogen-bond donors (Lipinski definition) is 1. The fourth-order valence-electron chi connectivity index (χ4n) is 1.80. The number of thiazole rings is 1. The van der Waals surface area contributed by atoms with E-state index in [-0.39, 0.29) is 5.91 Å². The molecule has 0 saturated heterocycles. The molecule has 0 aliphatic rings. The van der Waals surface area contributed by atoms with E-state index in [1.807, 2.05) is 19.1 Å². The van der Waals surface area contributed by atoms with Crippen molar-refractivity contribution in [1.29, 1.82) is 0 Å². The van der Waals surface area contributed by atoms with Crippen molar-refractivity contribution in [2.45, 2.75) is 20.4 Å². The van der Waals surface area contributed by atoms with Crippen LogP contribution in [0.1, 0.15) is 27.9 Å². The van der Waals surface area contributed by atoms with Gasteiger partial charge in [0.15, 0.2) is 5.13 Å². The zero-order valence-electron chi connectivity index (χ0n) is 11.0. The van der Waals surface area contributed by atoms with Gasteiger partial charge in [0.1, 0.15) is 4.88 Å². The van der Waals surface area contributed by atoms with Crippen molar-refractivity contribution in [2.75, 3.05) is 12.3 Å². The summed E-state index contributed by atoms with van der Waals surface area (Å²) in [7, 11) is 0. The average Bonchev–Trinajstić information content (AvgIpc) is 2.75. The number of amides is 1. The van der Waals surface area contributed by atoms with Gasteiger partial charge in [0.25, 0.3) is 5.91 Å². The molecular formula is C13H16N4OS. The molecule has 1 amide bonds. The highest BCUT2D eigenvalue weighted by molar-refractivity contribution is 7.17. The molecular weight excluding hydrogens is 260 g/mol. The van der Waals surface area contributed by atoms with Crippen LogP contribution in [0.2, 0.25) is 0 Å². The second-order valence-electron chi connectivity index (χ2n) is 4.14. The highest BCUT2D eigenvalue weighted by Crippen LogP contribution is 2.22. The first-order chi connectivity index (χ1) is 9.11. The normalized spacial score (nSPS) is 10.4. The molecule has 0 bridgehead atoms. The molecule has 2 aromatic rings. The first-order valence-electron chi connectivity index (χ1n) is 6.03. The zero-order valence-corrected chi connectivity index (χ0v) is 11.8. The lowest BCUT2D eigenvalue weighted by atomic mass is 10.2. The summed E-state index contributed by atoms with van der Waals surface area (Å²) in [5.41, 5.74) is 7.39. The average molecular weight is 276 g/mol. The number of hydrogen-bond acceptors (Lipinski definition) is 5. The van der Waals surface area contributed by atoms with E-state index in [0.29, 0.717) is 28.8 Å². The van der Waals surface area contributed by atoms with Gasteiger partial charge < -0.3 is 10.6 Å². The monoisotopic (exact) mass is 276 g/mol. The largest absolute Gasteiger partial charge is 0.375 e. The van der Waals surface area contributed by atoms with Gasteiger partial charge in [-0.2, -0.15) is 0 Å². The SMILES string of the molecule is CCN(Cc1ccncc1)C(=O)c1sc(N)nc1C. The van der Waals surface area contributed by atoms with E-state index < -0.39 is 0 Å². The third kappa shape index (κ3) is 3.08. The second-order valence-corrected chi connectivity index (χ2v) is 5.17. The lowest BCUT2D eigenvalue weighted by Crippen LogP contribution is -2.30. The minimum Gasteiger partial charge on any atom is -0.375 e. The minimum absolute atomic E-state index is 0.0222. The maximum absolute atomic E-state index is 12.4. The Morgan fingerprint density at radius 1 is 1.42 bits per heavy atom. The van der Waals surface area contributed by atoms with E-state index in [1.165, 1.54) is 11.3 Å². The number of nitrogens with two attached hydrogens (primary N) is 1. The summed E-state index contributed by atoms with van der Waals surface area (Å²) < 4.78 is 0. The Hall–Kier alpha value is -1.95. The predicted octanol–water partition coefficient (Wildman–Crippen LogP) is 2.09. The van der Waals surface area contributed by atoms with Crippen LogP contribution in [0.25, 0.3) is 0 Å². The number of nitrogen functional groups attached to an aromatic ring is 1. The van der Waals surface area contributed by atoms with Gasteiger partial charge in [0.05, 0.1) is 5.69 Å². The number of nitrogens with zero attached hydrogens (tertiary/aromatic N) is 3. The Morgan fingerprint density at radius 3 is 2.63 bits per heavy atom. The molecule has 0 radical (unpaired) electrons. The molecule has 5 nitrogen and oxygen atoms in total. The third-order valence-corrected chi connectivity index (χ3v) is 3.77. The topological polar surface area (TPSA) is 72.1 Å². The maximum atomic E-state index is 12.4. The second kappa shape index (κ2) is 5.79. The van der Waals surface area contributed by atoms with E-state index in [4.69, 9.17) is 5.73 Å². The number of carbonyl (C=O) groups is 1. The van der Waals surface area contributed by atoms with Gasteiger partial charge in [0, 0.05) is 25.5 Å². The molecule has 2 N–H and O–H groups in total. The van der Waals surface area contributed by atoms with E-state index in [0.717, 1.165) is 5.56 Å². The minimum atomic E-state index is -0.0222. The number of rotatable bonds is 4. The Morgan fingerprint density at radius 2 is 2.11 bits per heavy atom. The van der Waals surface area contributed by atoms with Crippen molar-refractivity contribution in [1.82, 2.24) is 14.9 Å². The van der Waals surface area contributed by atoms with Crippen molar-refractivity contribution in [3.63, 3.8) is 0 Å². The number of carbonyl (C=O) groups excluding carboxylic acids is 1. The fourth-order valence-corrected chi connectivity index (χ4v) is 2.60. The summed E-state index contributed by atoms with van der Waals surface area (Å²) in [6, 6.07) is 3.81. The van der Waals surface area contributed by atoms with Crippen LogP contribution in [0.3, 0.4) is 0 Å². The van der Waals surface area contributed by atoms with Crippen LogP contribution < -0.4 is 5.73 Å². The molecule has 0 saturated carbocycles. The summed E-state index contributed by atoms with van der Waals surface area (Å²) >= 11 is 1.24. The van der Waals surface area contributed by atoms with Crippen molar-refractivity contribution in [3.05, 3.63) is 40.7 Å². The van der Waals surface area contributed by atoms with Crippen molar-refractivity contribution in [3.8, 4) is 0 Å². The standard InChI is InChI=1S/C13H16N4OS/c1-3-17(8-10-4-6-15-7-5-10)12(18)11-9(2)16-13(14)19-11/h4-7H,3,8H2,1-2H3,(H2,14,16). The predicted molar refractivity (Wildman–Crippen MR) is 75.9 cm³/mol. The molecule has 0 atom stereocenters. The van der Waals surface area contributed by atoms with Crippen molar-refractivity contribution < 1.29 is 4.79 Å². The van der Waals surface area contributed by atoms with Gasteiger partial charge >= 0.3 is 0 Å². The van der Waals surface area contributed by atoms with Crippen LogP contribution >= 0.6 is 11.3 Å². The molecule has 0 unspecified atom stereocenters. The molecule has 2 aromatic heterocycles. The lowest BCUT2D eigenvalue weighted by Gasteiger charge is -2.20. The Bertz CT molecular complexity index is 567. The highest BCUT2D eigenvalue weighted by Gasteiger charge is 2.20. The van der Waals surface area contributed by atoms with Crippen LogP contribution in [0, 0.1) is 6.92 Å². The Kier molecular flexibility index (Phi) is 4.11. The van der Waals surface area contributed by atoms with E-state index in [2.05, 4.69) is 9.97 Å². The van der Waals surface area contributed by atoms with Crippen molar-refractivity contribution >= 4 is 22.4 Å². The first-order valence-corrected chi connectivity index (χ1v) is 6.84. The number of aromatic nitrogens is 2. The smallest absolute Gasteiger partial charge is 0.266 e. The molecule has 0 aliphatic heterocycles. The van der Waals surface area contributed by atoms with Gasteiger partial charge in [-0.25, -0.2) is 4.98 Å². The Labute approximate surface area is 116 Å². The van der Waals surface area contributed by atoms with Gasteiger partial charge in [-0.15, -0.1) is 0 Å². The first kappa shape index (κ1) is 13.5. The molecule has 0 spiro atoms. The highest BCUT2D eigenvalue weighted by atomic mass is 32.1. The van der Waals surface area contributed by atoms with Crippen LogP contribution in [0.4, 0.5) is 5.13 Å². The summed E-state index contributed by atoms with van der Waals surface area (Å²) in [5.74, 6) is -0.0222. The zero-order chi connectivity index (χ0) is 13.8. The quantitative estimate of drug-likeness (QED) is 0.928. The molecule has 2 heterocycles. The van der Waals surface area contributed by atoms with Gasteiger partial charge in [0.2, 0.25) is 0 Å². The van der Waals surface area contributed by atoms with Crippen LogP contribution in [0.15, 0.2) is 24.5 Å². The molecule has 0 aliphatic carbocycles. The summed E-state index contributed by atoms with van der Waals surface area (Å²) in [5, 5.41) is 0.431. The van der Waals surface area contributed by atoms with Gasteiger partial charge in [-0.3, -0.25) is 9.78 Å². The Balaban J connectivity index is 2.18. The molecule has 100 valence electrons. The fraction of sp³-hybridized carbons (Fsp3) is 0.308. The molecule has 6 heteroatoms. The van der Waals surface area contributed by atoms with Crippen LogP contribution in [0.5, 0.6) is 0 Å². The molecule has 0 fully saturated rings. The number of anilines is 1. The maximum Gasteiger partial charge on any atom is 0.266 e. The number of aryl methyl sites for hydroxylation is 1. The van der Waals surface area contributed by atoms with Crippen molar-refractivity contribution in [2.24, 2.45) is 0 Å². The van der Waals surface area contributed by atoms with Crippen LogP contribution in [-0.2, 0) is 6.54 Å². The summed E-state index contributed by atoms with van der Waals surface area (Å²) in [6.45, 7) is 4.96. The van der Waals surface area contributed by atoms with E-state index >= 15 is 0 Å².